The second-order valence-corrected chi connectivity index (χ2v) is 6.91. The minimum absolute atomic E-state index is 0.00930. The van der Waals surface area contributed by atoms with Gasteiger partial charge >= 0.3 is 0 Å². The number of halogens is 1. The van der Waals surface area contributed by atoms with Crippen LogP contribution in [0.15, 0.2) is 42.5 Å². The molecular formula is C20H22FN2O3+. The Morgan fingerprint density at radius 3 is 2.73 bits per heavy atom. The van der Waals surface area contributed by atoms with Gasteiger partial charge < -0.3 is 10.0 Å². The second kappa shape index (κ2) is 6.88. The fraction of sp³-hybridized carbons (Fsp3) is 0.300. The van der Waals surface area contributed by atoms with Crippen LogP contribution < -0.4 is 4.48 Å². The van der Waals surface area contributed by atoms with Gasteiger partial charge in [-0.05, 0) is 31.2 Å². The van der Waals surface area contributed by atoms with Crippen LogP contribution in [0.25, 0.3) is 0 Å². The molecule has 0 spiro atoms. The zero-order chi connectivity index (χ0) is 18.9. The molecule has 1 saturated heterocycles. The van der Waals surface area contributed by atoms with E-state index in [1.807, 2.05) is 13.1 Å². The molecule has 0 unspecified atom stereocenters. The van der Waals surface area contributed by atoms with E-state index in [0.717, 1.165) is 12.1 Å². The number of aromatic hydroxyl groups is 1. The highest BCUT2D eigenvalue weighted by molar-refractivity contribution is 6.02. The first-order valence-corrected chi connectivity index (χ1v) is 8.50. The Morgan fingerprint density at radius 2 is 2.04 bits per heavy atom. The third kappa shape index (κ3) is 3.08. The van der Waals surface area contributed by atoms with E-state index in [2.05, 4.69) is 0 Å². The maximum Gasteiger partial charge on any atom is 0.222 e. The largest absolute Gasteiger partial charge is 0.508 e. The molecule has 1 aliphatic heterocycles. The van der Waals surface area contributed by atoms with E-state index in [1.54, 1.807) is 30.0 Å². The fourth-order valence-corrected chi connectivity index (χ4v) is 3.71. The number of Topliss-reactive ketones (excluding diaryl/α,β-unsaturated/α-hetero) is 1. The molecular weight excluding hydrogens is 335 g/mol. The molecule has 0 aromatic heterocycles. The normalized spacial score (nSPS) is 22.9. The number of hydrogen-bond acceptors (Lipinski definition) is 3. The molecule has 1 fully saturated rings. The van der Waals surface area contributed by atoms with Gasteiger partial charge in [-0.3, -0.25) is 14.1 Å². The third-order valence-electron chi connectivity index (χ3n) is 5.32. The minimum atomic E-state index is -0.587. The zero-order valence-corrected chi connectivity index (χ0v) is 14.9. The van der Waals surface area contributed by atoms with Crippen molar-refractivity contribution < 1.29 is 19.1 Å². The quantitative estimate of drug-likeness (QED) is 0.520. The number of likely N-dealkylation sites (N-methyl/N-ethyl adjacent to an activating group) is 1. The molecule has 0 aliphatic carbocycles. The number of hydrogen-bond donors (Lipinski definition) is 1. The van der Waals surface area contributed by atoms with Crippen LogP contribution in [0.3, 0.4) is 0 Å². The lowest BCUT2D eigenvalue weighted by atomic mass is 9.96. The molecule has 1 amide bonds. The summed E-state index contributed by atoms with van der Waals surface area (Å²) in [6.45, 7) is 2.93. The van der Waals surface area contributed by atoms with Crippen LogP contribution in [0.4, 0.5) is 10.1 Å². The van der Waals surface area contributed by atoms with Crippen molar-refractivity contribution in [1.82, 2.24) is 9.38 Å². The van der Waals surface area contributed by atoms with E-state index in [1.165, 1.54) is 18.2 Å². The minimum Gasteiger partial charge on any atom is -0.508 e. The van der Waals surface area contributed by atoms with Crippen LogP contribution in [0, 0.1) is 12.7 Å². The number of piperazine rings is 1. The van der Waals surface area contributed by atoms with Crippen molar-refractivity contribution in [3.63, 3.8) is 0 Å². The predicted octanol–water partition coefficient (Wildman–Crippen LogP) is 2.50. The number of quaternary nitrogens is 1. The molecule has 2 aromatic rings. The maximum atomic E-state index is 14.2. The summed E-state index contributed by atoms with van der Waals surface area (Å²) in [5, 5.41) is 9.71. The first-order valence-electron chi connectivity index (χ1n) is 8.50. The number of phenols is 1. The number of carbonyl (C=O) groups is 2. The molecule has 2 atom stereocenters. The summed E-state index contributed by atoms with van der Waals surface area (Å²) in [7, 11) is 1.90. The van der Waals surface area contributed by atoms with Gasteiger partial charge in [0.25, 0.3) is 0 Å². The van der Waals surface area contributed by atoms with Crippen LogP contribution in [-0.2, 0) is 4.79 Å². The highest BCUT2D eigenvalue weighted by Crippen LogP contribution is 2.33. The van der Waals surface area contributed by atoms with Crippen LogP contribution in [0.2, 0.25) is 0 Å². The fourth-order valence-electron chi connectivity index (χ4n) is 3.71. The molecule has 0 radical (unpaired) electrons. The van der Waals surface area contributed by atoms with Crippen molar-refractivity contribution in [2.45, 2.75) is 13.0 Å². The summed E-state index contributed by atoms with van der Waals surface area (Å²) in [6.07, 6.45) is 0.741. The highest BCUT2D eigenvalue weighted by atomic mass is 19.1. The van der Waals surface area contributed by atoms with Gasteiger partial charge in [0.2, 0.25) is 12.2 Å². The Balaban J connectivity index is 2.08. The van der Waals surface area contributed by atoms with Gasteiger partial charge in [-0.2, -0.15) is 0 Å². The Kier molecular flexibility index (Phi) is 4.78. The van der Waals surface area contributed by atoms with Gasteiger partial charge in [-0.15, -0.1) is 0 Å². The SMILES string of the molecule is Cc1c(F)cccc1[N@+]1(C)CCN(C=O)C[C@@H]1C(=O)c1cccc(O)c1. The number of benzene rings is 2. The van der Waals surface area contributed by atoms with Gasteiger partial charge in [0.15, 0.2) is 6.04 Å². The van der Waals surface area contributed by atoms with Crippen molar-refractivity contribution in [3.05, 3.63) is 59.4 Å². The van der Waals surface area contributed by atoms with Crippen LogP contribution in [0.1, 0.15) is 15.9 Å². The van der Waals surface area contributed by atoms with Crippen LogP contribution >= 0.6 is 0 Å². The van der Waals surface area contributed by atoms with Gasteiger partial charge in [0, 0.05) is 11.1 Å². The Hall–Kier alpha value is -2.73. The summed E-state index contributed by atoms with van der Waals surface area (Å²) in [5.41, 5.74) is 1.61. The van der Waals surface area contributed by atoms with Gasteiger partial charge in [0.1, 0.15) is 23.8 Å². The molecule has 0 bridgehead atoms. The number of ketones is 1. The monoisotopic (exact) mass is 357 g/mol. The highest BCUT2D eigenvalue weighted by Gasteiger charge is 2.46. The summed E-state index contributed by atoms with van der Waals surface area (Å²) in [4.78, 5) is 26.1. The molecule has 26 heavy (non-hydrogen) atoms. The Bertz CT molecular complexity index is 855. The standard InChI is InChI=1S/C20H21FN2O3/c1-14-17(21)7-4-8-18(14)23(2)10-9-22(13-24)12-19(23)20(26)15-5-3-6-16(25)11-15/h3-8,11,13,19H,9-10,12H2,1-2H3/p+1/t19-,23+/m1/s1. The summed E-state index contributed by atoms with van der Waals surface area (Å²) in [5.74, 6) is -0.489. The smallest absolute Gasteiger partial charge is 0.222 e. The van der Waals surface area contributed by atoms with E-state index in [0.29, 0.717) is 24.2 Å². The number of nitrogens with zero attached hydrogens (tertiary/aromatic N) is 2. The van der Waals surface area contributed by atoms with Crippen LogP contribution in [-0.4, -0.2) is 54.9 Å². The van der Waals surface area contributed by atoms with E-state index in [-0.39, 0.29) is 28.4 Å². The average Bonchev–Trinajstić information content (AvgIpc) is 2.63. The predicted molar refractivity (Wildman–Crippen MR) is 97.6 cm³/mol. The van der Waals surface area contributed by atoms with Crippen molar-refractivity contribution in [2.75, 3.05) is 26.7 Å². The van der Waals surface area contributed by atoms with Crippen LogP contribution in [0.5, 0.6) is 5.75 Å². The molecule has 3 rings (SSSR count). The van der Waals surface area contributed by atoms with Gasteiger partial charge in [0.05, 0.1) is 20.1 Å². The summed E-state index contributed by atoms with van der Waals surface area (Å²) >= 11 is 0. The van der Waals surface area contributed by atoms with Crippen molar-refractivity contribution in [1.29, 1.82) is 0 Å². The second-order valence-electron chi connectivity index (χ2n) is 6.91. The molecule has 2 aromatic carbocycles. The van der Waals surface area contributed by atoms with Crippen molar-refractivity contribution >= 4 is 17.9 Å². The lowest BCUT2D eigenvalue weighted by Gasteiger charge is -2.46. The van der Waals surface area contributed by atoms with E-state index >= 15 is 0 Å². The number of rotatable bonds is 4. The molecule has 0 saturated carbocycles. The Labute approximate surface area is 151 Å². The first-order chi connectivity index (χ1) is 12.4. The van der Waals surface area contributed by atoms with Crippen molar-refractivity contribution in [2.24, 2.45) is 0 Å². The summed E-state index contributed by atoms with van der Waals surface area (Å²) < 4.78 is 14.4. The van der Waals surface area contributed by atoms with E-state index in [9.17, 15) is 19.1 Å². The first kappa shape index (κ1) is 18.1. The van der Waals surface area contributed by atoms with Crippen molar-refractivity contribution in [3.8, 4) is 5.75 Å². The van der Waals surface area contributed by atoms with E-state index in [4.69, 9.17) is 0 Å². The maximum absolute atomic E-state index is 14.2. The number of amides is 1. The molecule has 1 aliphatic rings. The molecule has 5 nitrogen and oxygen atoms in total. The van der Waals surface area contributed by atoms with Gasteiger partial charge in [-0.1, -0.05) is 18.2 Å². The van der Waals surface area contributed by atoms with E-state index < -0.39 is 6.04 Å². The lowest BCUT2D eigenvalue weighted by molar-refractivity contribution is -0.120. The van der Waals surface area contributed by atoms with Gasteiger partial charge in [-0.25, -0.2) is 4.39 Å². The molecule has 1 N–H and O–H groups in total. The zero-order valence-electron chi connectivity index (χ0n) is 14.9. The average molecular weight is 357 g/mol. The molecule has 136 valence electrons. The third-order valence-corrected chi connectivity index (χ3v) is 5.32. The number of carbonyl (C=O) groups excluding carboxylic acids is 2. The molecule has 6 heteroatoms. The topological polar surface area (TPSA) is 57.6 Å². The Morgan fingerprint density at radius 1 is 1.31 bits per heavy atom. The summed E-state index contributed by atoms with van der Waals surface area (Å²) in [6, 6.07) is 10.5. The number of phenolic OH excluding ortho intramolecular Hbond substituents is 1. The molecule has 1 heterocycles. The lowest BCUT2D eigenvalue weighted by Crippen LogP contribution is -2.67.